The first-order valence-corrected chi connectivity index (χ1v) is 8.24. The lowest BCUT2D eigenvalue weighted by Crippen LogP contribution is -2.48. The Bertz CT molecular complexity index is 742. The third kappa shape index (κ3) is 3.24. The highest BCUT2D eigenvalue weighted by molar-refractivity contribution is 6.02. The van der Waals surface area contributed by atoms with Crippen LogP contribution < -0.4 is 5.32 Å². The molecule has 0 saturated carbocycles. The third-order valence-corrected chi connectivity index (χ3v) is 4.74. The molecule has 3 rings (SSSR count). The van der Waals surface area contributed by atoms with E-state index in [2.05, 4.69) is 5.32 Å². The normalized spacial score (nSPS) is 19.4. The molecule has 3 atom stereocenters. The molecule has 0 spiro atoms. The van der Waals surface area contributed by atoms with Crippen LogP contribution >= 0.6 is 0 Å². The van der Waals surface area contributed by atoms with E-state index in [1.807, 2.05) is 55.5 Å². The molecule has 4 heteroatoms. The summed E-state index contributed by atoms with van der Waals surface area (Å²) in [5.74, 6) is -1.59. The molecule has 4 nitrogen and oxygen atoms in total. The van der Waals surface area contributed by atoms with Gasteiger partial charge in [0, 0.05) is 17.5 Å². The van der Waals surface area contributed by atoms with Crippen LogP contribution in [0.25, 0.3) is 0 Å². The Hall–Kier alpha value is -2.46. The number of Topliss-reactive ketones (excluding diaryl/α,β-unsaturated/α-hetero) is 1. The van der Waals surface area contributed by atoms with Crippen molar-refractivity contribution in [1.29, 1.82) is 0 Å². The van der Waals surface area contributed by atoms with E-state index in [-0.39, 0.29) is 11.8 Å². The van der Waals surface area contributed by atoms with Crippen LogP contribution in [0.2, 0.25) is 0 Å². The number of rotatable bonds is 5. The quantitative estimate of drug-likeness (QED) is 0.886. The van der Waals surface area contributed by atoms with Crippen molar-refractivity contribution in [1.82, 2.24) is 5.32 Å². The zero-order valence-corrected chi connectivity index (χ0v) is 13.6. The summed E-state index contributed by atoms with van der Waals surface area (Å²) < 4.78 is 0. The molecule has 0 unspecified atom stereocenters. The zero-order valence-electron chi connectivity index (χ0n) is 13.6. The van der Waals surface area contributed by atoms with Gasteiger partial charge in [-0.2, -0.15) is 0 Å². The standard InChI is InChI=1S/C20H21NO3/c1-13(14-7-3-2-4-8-14)21-18(20(23)24)17-12-11-15-9-5-6-10-16(15)19(17)22/h2-10,13,17-18,21H,11-12H2,1H3,(H,23,24)/t13-,17-,18-/m1/s1. The molecule has 0 bridgehead atoms. The topological polar surface area (TPSA) is 66.4 Å². The van der Waals surface area contributed by atoms with E-state index >= 15 is 0 Å². The Morgan fingerprint density at radius 1 is 1.12 bits per heavy atom. The first-order chi connectivity index (χ1) is 11.6. The van der Waals surface area contributed by atoms with Gasteiger partial charge in [-0.15, -0.1) is 0 Å². The molecule has 124 valence electrons. The molecular formula is C20H21NO3. The minimum absolute atomic E-state index is 0.0722. The second kappa shape index (κ2) is 6.97. The Balaban J connectivity index is 1.82. The molecule has 2 aromatic rings. The molecule has 2 aromatic carbocycles. The van der Waals surface area contributed by atoms with Gasteiger partial charge in [0.25, 0.3) is 0 Å². The highest BCUT2D eigenvalue weighted by Gasteiger charge is 2.37. The fraction of sp³-hybridized carbons (Fsp3) is 0.300. The Morgan fingerprint density at radius 3 is 2.50 bits per heavy atom. The van der Waals surface area contributed by atoms with Gasteiger partial charge in [0.15, 0.2) is 5.78 Å². The number of fused-ring (bicyclic) bond motifs is 1. The van der Waals surface area contributed by atoms with Crippen LogP contribution in [0.1, 0.15) is 40.9 Å². The van der Waals surface area contributed by atoms with E-state index in [0.29, 0.717) is 12.0 Å². The number of carboxylic acids is 1. The number of carbonyl (C=O) groups excluding carboxylic acids is 1. The van der Waals surface area contributed by atoms with E-state index in [4.69, 9.17) is 0 Å². The Kier molecular flexibility index (Phi) is 4.76. The molecular weight excluding hydrogens is 302 g/mol. The molecule has 1 aliphatic carbocycles. The number of aryl methyl sites for hydroxylation is 1. The molecule has 0 radical (unpaired) electrons. The van der Waals surface area contributed by atoms with Crippen molar-refractivity contribution >= 4 is 11.8 Å². The van der Waals surface area contributed by atoms with Gasteiger partial charge < -0.3 is 5.11 Å². The smallest absolute Gasteiger partial charge is 0.321 e. The van der Waals surface area contributed by atoms with Gasteiger partial charge >= 0.3 is 5.97 Å². The van der Waals surface area contributed by atoms with Crippen LogP contribution in [0.5, 0.6) is 0 Å². The number of ketones is 1. The number of carbonyl (C=O) groups is 2. The average molecular weight is 323 g/mol. The van der Waals surface area contributed by atoms with Gasteiger partial charge in [0.05, 0.1) is 0 Å². The van der Waals surface area contributed by atoms with Crippen molar-refractivity contribution in [3.8, 4) is 0 Å². The number of carboxylic acid groups (broad SMARTS) is 1. The first kappa shape index (κ1) is 16.4. The molecule has 0 amide bonds. The Labute approximate surface area is 141 Å². The van der Waals surface area contributed by atoms with Crippen LogP contribution in [-0.4, -0.2) is 22.9 Å². The van der Waals surface area contributed by atoms with Crippen LogP contribution in [0.3, 0.4) is 0 Å². The summed E-state index contributed by atoms with van der Waals surface area (Å²) in [4.78, 5) is 24.6. The van der Waals surface area contributed by atoms with Crippen LogP contribution in [0, 0.1) is 5.92 Å². The lowest BCUT2D eigenvalue weighted by Gasteiger charge is -2.30. The maximum atomic E-state index is 12.8. The van der Waals surface area contributed by atoms with E-state index in [1.54, 1.807) is 6.07 Å². The molecule has 1 aliphatic rings. The number of benzene rings is 2. The van der Waals surface area contributed by atoms with Crippen LogP contribution in [0.4, 0.5) is 0 Å². The summed E-state index contributed by atoms with van der Waals surface area (Å²) in [5.41, 5.74) is 2.68. The molecule has 0 fully saturated rings. The van der Waals surface area contributed by atoms with Crippen molar-refractivity contribution in [3.05, 3.63) is 71.3 Å². The summed E-state index contributed by atoms with van der Waals surface area (Å²) in [5, 5.41) is 12.8. The Morgan fingerprint density at radius 2 is 1.79 bits per heavy atom. The molecule has 0 aliphatic heterocycles. The highest BCUT2D eigenvalue weighted by atomic mass is 16.4. The van der Waals surface area contributed by atoms with Gasteiger partial charge in [-0.1, -0.05) is 54.6 Å². The summed E-state index contributed by atoms with van der Waals surface area (Å²) >= 11 is 0. The average Bonchev–Trinajstić information content (AvgIpc) is 2.61. The van der Waals surface area contributed by atoms with Crippen LogP contribution in [-0.2, 0) is 11.2 Å². The number of nitrogens with one attached hydrogen (secondary N) is 1. The summed E-state index contributed by atoms with van der Waals surface area (Å²) in [7, 11) is 0. The molecule has 2 N–H and O–H groups in total. The fourth-order valence-electron chi connectivity index (χ4n) is 3.41. The van der Waals surface area contributed by atoms with E-state index in [1.165, 1.54) is 0 Å². The molecule has 0 aromatic heterocycles. The largest absolute Gasteiger partial charge is 0.480 e. The molecule has 0 heterocycles. The third-order valence-electron chi connectivity index (χ3n) is 4.74. The lowest BCUT2D eigenvalue weighted by atomic mass is 9.78. The molecule has 0 saturated heterocycles. The number of hydrogen-bond acceptors (Lipinski definition) is 3. The maximum absolute atomic E-state index is 12.8. The van der Waals surface area contributed by atoms with E-state index < -0.39 is 17.9 Å². The van der Waals surface area contributed by atoms with E-state index in [9.17, 15) is 14.7 Å². The predicted octanol–water partition coefficient (Wildman–Crippen LogP) is 3.24. The summed E-state index contributed by atoms with van der Waals surface area (Å²) in [6, 6.07) is 16.1. The van der Waals surface area contributed by atoms with Crippen molar-refractivity contribution in [2.75, 3.05) is 0 Å². The first-order valence-electron chi connectivity index (χ1n) is 8.24. The monoisotopic (exact) mass is 323 g/mol. The van der Waals surface area contributed by atoms with Gasteiger partial charge in [0.1, 0.15) is 6.04 Å². The number of aliphatic carboxylic acids is 1. The second-order valence-corrected chi connectivity index (χ2v) is 6.28. The summed E-state index contributed by atoms with van der Waals surface area (Å²) in [6.45, 7) is 1.92. The van der Waals surface area contributed by atoms with Gasteiger partial charge in [0.2, 0.25) is 0 Å². The van der Waals surface area contributed by atoms with Crippen molar-refractivity contribution in [2.24, 2.45) is 5.92 Å². The minimum atomic E-state index is -0.976. The zero-order chi connectivity index (χ0) is 17.1. The van der Waals surface area contributed by atoms with Gasteiger partial charge in [-0.25, -0.2) is 0 Å². The van der Waals surface area contributed by atoms with Crippen molar-refractivity contribution in [3.63, 3.8) is 0 Å². The minimum Gasteiger partial charge on any atom is -0.480 e. The second-order valence-electron chi connectivity index (χ2n) is 6.28. The van der Waals surface area contributed by atoms with Gasteiger partial charge in [-0.05, 0) is 30.9 Å². The fourth-order valence-corrected chi connectivity index (χ4v) is 3.41. The molecule has 24 heavy (non-hydrogen) atoms. The van der Waals surface area contributed by atoms with E-state index in [0.717, 1.165) is 17.5 Å². The number of hydrogen-bond donors (Lipinski definition) is 2. The lowest BCUT2D eigenvalue weighted by molar-refractivity contribution is -0.141. The summed E-state index contributed by atoms with van der Waals surface area (Å²) in [6.07, 6.45) is 1.29. The van der Waals surface area contributed by atoms with Crippen molar-refractivity contribution in [2.45, 2.75) is 31.8 Å². The maximum Gasteiger partial charge on any atom is 0.321 e. The SMILES string of the molecule is C[C@@H](N[C@@H](C(=O)O)[C@H]1CCc2ccccc2C1=O)c1ccccc1. The predicted molar refractivity (Wildman–Crippen MR) is 92.0 cm³/mol. The van der Waals surface area contributed by atoms with Crippen molar-refractivity contribution < 1.29 is 14.7 Å². The van der Waals surface area contributed by atoms with Crippen LogP contribution in [0.15, 0.2) is 54.6 Å². The van der Waals surface area contributed by atoms with Gasteiger partial charge in [-0.3, -0.25) is 14.9 Å². The highest BCUT2D eigenvalue weighted by Crippen LogP contribution is 2.29.